The van der Waals surface area contributed by atoms with Gasteiger partial charge in [-0.05, 0) is 32.2 Å². The zero-order valence-corrected chi connectivity index (χ0v) is 12.3. The predicted molar refractivity (Wildman–Crippen MR) is 78.5 cm³/mol. The van der Waals surface area contributed by atoms with E-state index >= 15 is 0 Å². The molecule has 3 atom stereocenters. The molecule has 0 aliphatic heterocycles. The summed E-state index contributed by atoms with van der Waals surface area (Å²) >= 11 is 1.53. The van der Waals surface area contributed by atoms with Crippen LogP contribution in [-0.2, 0) is 4.79 Å². The number of rotatable bonds is 7. The Morgan fingerprint density at radius 2 is 2.00 bits per heavy atom. The molecular formula is C14H21NO3S. The van der Waals surface area contributed by atoms with Crippen LogP contribution in [0.4, 0.5) is 0 Å². The van der Waals surface area contributed by atoms with Gasteiger partial charge in [-0.2, -0.15) is 11.8 Å². The second-order valence-corrected chi connectivity index (χ2v) is 5.40. The van der Waals surface area contributed by atoms with Crippen molar-refractivity contribution in [1.29, 1.82) is 0 Å². The number of nitrogens with one attached hydrogen (secondary N) is 1. The van der Waals surface area contributed by atoms with Gasteiger partial charge in [-0.1, -0.05) is 18.2 Å². The summed E-state index contributed by atoms with van der Waals surface area (Å²) in [5, 5.41) is 12.0. The molecule has 0 saturated heterocycles. The van der Waals surface area contributed by atoms with Gasteiger partial charge in [-0.25, -0.2) is 0 Å². The first-order valence-electron chi connectivity index (χ1n) is 6.24. The van der Waals surface area contributed by atoms with Crippen molar-refractivity contribution in [2.24, 2.45) is 0 Å². The Bertz CT molecular complexity index is 382. The van der Waals surface area contributed by atoms with Crippen molar-refractivity contribution in [1.82, 2.24) is 5.32 Å². The predicted octanol–water partition coefficient (Wildman–Crippen LogP) is 1.68. The number of aliphatic hydroxyl groups is 1. The number of hydrogen-bond acceptors (Lipinski definition) is 4. The Labute approximate surface area is 118 Å². The first-order chi connectivity index (χ1) is 9.08. The number of carbonyl (C=O) groups excluding carboxylic acids is 1. The van der Waals surface area contributed by atoms with Crippen LogP contribution in [0.25, 0.3) is 0 Å². The number of ether oxygens (including phenoxy) is 1. The van der Waals surface area contributed by atoms with Gasteiger partial charge in [-0.15, -0.1) is 0 Å². The minimum absolute atomic E-state index is 0.00660. The van der Waals surface area contributed by atoms with E-state index in [4.69, 9.17) is 4.74 Å². The van der Waals surface area contributed by atoms with Gasteiger partial charge >= 0.3 is 0 Å². The molecule has 0 aliphatic rings. The highest BCUT2D eigenvalue weighted by Gasteiger charge is 2.21. The Morgan fingerprint density at radius 3 is 2.53 bits per heavy atom. The monoisotopic (exact) mass is 283 g/mol. The van der Waals surface area contributed by atoms with Crippen LogP contribution in [0.3, 0.4) is 0 Å². The molecule has 0 radical (unpaired) electrons. The van der Waals surface area contributed by atoms with E-state index < -0.39 is 6.10 Å². The fourth-order valence-corrected chi connectivity index (χ4v) is 2.25. The standard InChI is InChI=1S/C14H21NO3S/c1-10(13(9-16)19-3)15-14(17)11(2)18-12-7-5-4-6-8-12/h4-8,10-11,13,16H,9H2,1-3H3,(H,15,17). The first-order valence-corrected chi connectivity index (χ1v) is 7.53. The molecule has 1 aromatic rings. The van der Waals surface area contributed by atoms with Crippen molar-refractivity contribution >= 4 is 17.7 Å². The number of thioether (sulfide) groups is 1. The molecule has 5 heteroatoms. The third-order valence-electron chi connectivity index (χ3n) is 2.84. The molecule has 0 spiro atoms. The van der Waals surface area contributed by atoms with E-state index in [2.05, 4.69) is 5.32 Å². The molecular weight excluding hydrogens is 262 g/mol. The molecule has 0 aliphatic carbocycles. The second-order valence-electron chi connectivity index (χ2n) is 4.33. The van der Waals surface area contributed by atoms with Crippen LogP contribution in [0.1, 0.15) is 13.8 Å². The Balaban J connectivity index is 2.49. The average Bonchev–Trinajstić information content (AvgIpc) is 2.41. The normalized spacial score (nSPS) is 15.4. The van der Waals surface area contributed by atoms with Crippen molar-refractivity contribution in [3.8, 4) is 5.75 Å². The number of carbonyl (C=O) groups is 1. The number of aliphatic hydroxyl groups excluding tert-OH is 1. The first kappa shape index (κ1) is 15.9. The van der Waals surface area contributed by atoms with Crippen LogP contribution in [-0.4, -0.2) is 41.3 Å². The van der Waals surface area contributed by atoms with Crippen LogP contribution >= 0.6 is 11.8 Å². The average molecular weight is 283 g/mol. The third kappa shape index (κ3) is 5.12. The highest BCUT2D eigenvalue weighted by atomic mass is 32.2. The van der Waals surface area contributed by atoms with Crippen LogP contribution in [0.15, 0.2) is 30.3 Å². The maximum absolute atomic E-state index is 12.0. The van der Waals surface area contributed by atoms with E-state index in [1.54, 1.807) is 6.92 Å². The number of benzene rings is 1. The van der Waals surface area contributed by atoms with Gasteiger partial charge in [0.1, 0.15) is 5.75 Å². The summed E-state index contributed by atoms with van der Waals surface area (Å²) in [7, 11) is 0. The van der Waals surface area contributed by atoms with Crippen molar-refractivity contribution in [2.75, 3.05) is 12.9 Å². The molecule has 3 unspecified atom stereocenters. The zero-order valence-electron chi connectivity index (χ0n) is 11.5. The summed E-state index contributed by atoms with van der Waals surface area (Å²) in [4.78, 5) is 12.0. The Morgan fingerprint density at radius 1 is 1.37 bits per heavy atom. The highest BCUT2D eigenvalue weighted by molar-refractivity contribution is 7.99. The SMILES string of the molecule is CSC(CO)C(C)NC(=O)C(C)Oc1ccccc1. The number of amides is 1. The molecule has 1 amide bonds. The van der Waals surface area contributed by atoms with Crippen LogP contribution in [0.2, 0.25) is 0 Å². The van der Waals surface area contributed by atoms with Crippen molar-refractivity contribution in [2.45, 2.75) is 31.2 Å². The summed E-state index contributed by atoms with van der Waals surface area (Å²) in [5.41, 5.74) is 0. The van der Waals surface area contributed by atoms with Gasteiger partial charge in [0.2, 0.25) is 0 Å². The van der Waals surface area contributed by atoms with Gasteiger partial charge in [0.05, 0.1) is 6.61 Å². The lowest BCUT2D eigenvalue weighted by molar-refractivity contribution is -0.127. The lowest BCUT2D eigenvalue weighted by atomic mass is 10.2. The zero-order chi connectivity index (χ0) is 14.3. The third-order valence-corrected chi connectivity index (χ3v) is 4.00. The van der Waals surface area contributed by atoms with E-state index in [9.17, 15) is 9.90 Å². The fraction of sp³-hybridized carbons (Fsp3) is 0.500. The van der Waals surface area contributed by atoms with Gasteiger partial charge in [-0.3, -0.25) is 4.79 Å². The number of hydrogen-bond donors (Lipinski definition) is 2. The molecule has 0 fully saturated rings. The molecule has 2 N–H and O–H groups in total. The molecule has 0 saturated carbocycles. The largest absolute Gasteiger partial charge is 0.481 e. The molecule has 19 heavy (non-hydrogen) atoms. The number of para-hydroxylation sites is 1. The smallest absolute Gasteiger partial charge is 0.261 e. The van der Waals surface area contributed by atoms with Crippen LogP contribution in [0.5, 0.6) is 5.75 Å². The molecule has 0 heterocycles. The maximum Gasteiger partial charge on any atom is 0.261 e. The van der Waals surface area contributed by atoms with E-state index in [1.807, 2.05) is 43.5 Å². The topological polar surface area (TPSA) is 58.6 Å². The second kappa shape index (κ2) is 8.07. The van der Waals surface area contributed by atoms with Crippen LogP contribution in [0, 0.1) is 0 Å². The molecule has 1 aromatic carbocycles. The molecule has 1 rings (SSSR count). The van der Waals surface area contributed by atoms with E-state index in [0.29, 0.717) is 5.75 Å². The summed E-state index contributed by atoms with van der Waals surface area (Å²) in [5.74, 6) is 0.491. The molecule has 0 aromatic heterocycles. The van der Waals surface area contributed by atoms with E-state index in [1.165, 1.54) is 11.8 Å². The summed E-state index contributed by atoms with van der Waals surface area (Å²) < 4.78 is 5.54. The van der Waals surface area contributed by atoms with E-state index in [-0.39, 0.29) is 23.8 Å². The Hall–Kier alpha value is -1.20. The van der Waals surface area contributed by atoms with Crippen molar-refractivity contribution < 1.29 is 14.6 Å². The summed E-state index contributed by atoms with van der Waals surface area (Å²) in [6, 6.07) is 9.13. The van der Waals surface area contributed by atoms with Gasteiger partial charge < -0.3 is 15.2 Å². The summed E-state index contributed by atoms with van der Waals surface area (Å²) in [6.07, 6.45) is 1.35. The van der Waals surface area contributed by atoms with Gasteiger partial charge in [0, 0.05) is 11.3 Å². The lowest BCUT2D eigenvalue weighted by Crippen LogP contribution is -2.46. The lowest BCUT2D eigenvalue weighted by Gasteiger charge is -2.23. The maximum atomic E-state index is 12.0. The molecule has 0 bridgehead atoms. The van der Waals surface area contributed by atoms with Gasteiger partial charge in [0.25, 0.3) is 5.91 Å². The van der Waals surface area contributed by atoms with Crippen molar-refractivity contribution in [3.05, 3.63) is 30.3 Å². The van der Waals surface area contributed by atoms with E-state index in [0.717, 1.165) is 0 Å². The fourth-order valence-electron chi connectivity index (χ4n) is 1.63. The van der Waals surface area contributed by atoms with Crippen LogP contribution < -0.4 is 10.1 Å². The summed E-state index contributed by atoms with van der Waals surface area (Å²) in [6.45, 7) is 3.63. The molecule has 106 valence electrons. The molecule has 4 nitrogen and oxygen atoms in total. The van der Waals surface area contributed by atoms with Crippen molar-refractivity contribution in [3.63, 3.8) is 0 Å². The van der Waals surface area contributed by atoms with Gasteiger partial charge in [0.15, 0.2) is 6.10 Å². The Kier molecular flexibility index (Phi) is 6.73. The minimum atomic E-state index is -0.564. The quantitative estimate of drug-likeness (QED) is 0.799. The minimum Gasteiger partial charge on any atom is -0.481 e. The highest BCUT2D eigenvalue weighted by Crippen LogP contribution is 2.13.